The van der Waals surface area contributed by atoms with E-state index in [1.165, 1.54) is 0 Å². The maximum atomic E-state index is 11.8. The highest BCUT2D eigenvalue weighted by Gasteiger charge is 2.08. The Morgan fingerprint density at radius 3 is 2.96 bits per heavy atom. The van der Waals surface area contributed by atoms with E-state index in [4.69, 9.17) is 4.74 Å². The third kappa shape index (κ3) is 5.65. The third-order valence-electron chi connectivity index (χ3n) is 3.36. The first-order valence-corrected chi connectivity index (χ1v) is 8.46. The second-order valence-electron chi connectivity index (χ2n) is 5.53. The lowest BCUT2D eigenvalue weighted by atomic mass is 10.2. The van der Waals surface area contributed by atoms with Gasteiger partial charge in [0.1, 0.15) is 10.8 Å². The zero-order valence-corrected chi connectivity index (χ0v) is 14.7. The summed E-state index contributed by atoms with van der Waals surface area (Å²) >= 11 is 1.59. The molecule has 2 aromatic rings. The van der Waals surface area contributed by atoms with Gasteiger partial charge in [-0.1, -0.05) is 12.1 Å². The summed E-state index contributed by atoms with van der Waals surface area (Å²) in [4.78, 5) is 18.4. The number of aryl methyl sites for hydroxylation is 1. The van der Waals surface area contributed by atoms with Crippen molar-refractivity contribution in [3.8, 4) is 16.3 Å². The first-order valence-electron chi connectivity index (χ1n) is 7.58. The Bertz CT molecular complexity index is 640. The number of nitrogens with one attached hydrogen (secondary N) is 1. The number of aromatic nitrogens is 1. The van der Waals surface area contributed by atoms with Crippen molar-refractivity contribution in [3.63, 3.8) is 0 Å². The van der Waals surface area contributed by atoms with Crippen molar-refractivity contribution in [1.29, 1.82) is 0 Å². The number of amides is 1. The van der Waals surface area contributed by atoms with Gasteiger partial charge < -0.3 is 15.0 Å². The molecule has 0 bridgehead atoms. The second kappa shape index (κ2) is 8.64. The molecule has 0 fully saturated rings. The van der Waals surface area contributed by atoms with Crippen LogP contribution in [0.1, 0.15) is 12.1 Å². The minimum Gasteiger partial charge on any atom is -0.497 e. The number of rotatable bonds is 8. The second-order valence-corrected chi connectivity index (χ2v) is 6.39. The number of carbonyl (C=O) groups is 1. The molecule has 0 aliphatic rings. The normalized spacial score (nSPS) is 10.8. The van der Waals surface area contributed by atoms with Gasteiger partial charge >= 0.3 is 0 Å². The van der Waals surface area contributed by atoms with Crippen LogP contribution in [0, 0.1) is 0 Å². The lowest BCUT2D eigenvalue weighted by Crippen LogP contribution is -2.31. The van der Waals surface area contributed by atoms with E-state index in [9.17, 15) is 4.79 Å². The molecule has 0 radical (unpaired) electrons. The molecule has 0 atom stereocenters. The van der Waals surface area contributed by atoms with Gasteiger partial charge in [-0.3, -0.25) is 4.79 Å². The Kier molecular flexibility index (Phi) is 6.55. The highest BCUT2D eigenvalue weighted by Crippen LogP contribution is 2.27. The van der Waals surface area contributed by atoms with Gasteiger partial charge in [0.15, 0.2) is 0 Å². The van der Waals surface area contributed by atoms with Crippen LogP contribution < -0.4 is 10.1 Å². The predicted molar refractivity (Wildman–Crippen MR) is 94.0 cm³/mol. The van der Waals surface area contributed by atoms with Crippen LogP contribution in [0.15, 0.2) is 29.6 Å². The maximum Gasteiger partial charge on any atom is 0.220 e. The van der Waals surface area contributed by atoms with Crippen molar-refractivity contribution in [2.45, 2.75) is 12.8 Å². The molecule has 0 saturated heterocycles. The number of nitrogens with zero attached hydrogens (tertiary/aromatic N) is 2. The Balaban J connectivity index is 1.86. The Morgan fingerprint density at radius 2 is 2.22 bits per heavy atom. The van der Waals surface area contributed by atoms with Crippen LogP contribution >= 0.6 is 11.3 Å². The monoisotopic (exact) mass is 333 g/mol. The van der Waals surface area contributed by atoms with Crippen LogP contribution in [0.4, 0.5) is 0 Å². The molecule has 6 heteroatoms. The number of likely N-dealkylation sites (N-methyl/N-ethyl adjacent to an activating group) is 1. The lowest BCUT2D eigenvalue weighted by molar-refractivity contribution is -0.121. The van der Waals surface area contributed by atoms with Crippen molar-refractivity contribution in [2.24, 2.45) is 0 Å². The Labute approximate surface area is 141 Å². The number of hydrogen-bond acceptors (Lipinski definition) is 5. The summed E-state index contributed by atoms with van der Waals surface area (Å²) in [6, 6.07) is 7.85. The van der Waals surface area contributed by atoms with E-state index in [0.717, 1.165) is 28.6 Å². The van der Waals surface area contributed by atoms with Crippen LogP contribution in [0.25, 0.3) is 10.6 Å². The van der Waals surface area contributed by atoms with E-state index in [2.05, 4.69) is 10.3 Å². The van der Waals surface area contributed by atoms with E-state index in [1.807, 2.05) is 48.6 Å². The minimum absolute atomic E-state index is 0.0720. The molecule has 5 nitrogen and oxygen atoms in total. The van der Waals surface area contributed by atoms with Crippen molar-refractivity contribution in [3.05, 3.63) is 35.3 Å². The van der Waals surface area contributed by atoms with E-state index in [-0.39, 0.29) is 5.91 Å². The largest absolute Gasteiger partial charge is 0.497 e. The summed E-state index contributed by atoms with van der Waals surface area (Å²) in [5.74, 6) is 0.891. The van der Waals surface area contributed by atoms with Gasteiger partial charge in [0.2, 0.25) is 5.91 Å². The van der Waals surface area contributed by atoms with Gasteiger partial charge in [-0.05, 0) is 32.6 Å². The number of hydrogen-bond donors (Lipinski definition) is 1. The molecule has 2 rings (SSSR count). The van der Waals surface area contributed by atoms with Crippen LogP contribution in [0.2, 0.25) is 0 Å². The first-order chi connectivity index (χ1) is 11.1. The van der Waals surface area contributed by atoms with Crippen molar-refractivity contribution < 1.29 is 9.53 Å². The smallest absolute Gasteiger partial charge is 0.220 e. The van der Waals surface area contributed by atoms with Crippen LogP contribution in [-0.4, -0.2) is 50.1 Å². The van der Waals surface area contributed by atoms with Crippen molar-refractivity contribution in [1.82, 2.24) is 15.2 Å². The topological polar surface area (TPSA) is 54.5 Å². The molecule has 1 heterocycles. The summed E-state index contributed by atoms with van der Waals surface area (Å²) in [7, 11) is 5.63. The quantitative estimate of drug-likeness (QED) is 0.806. The first kappa shape index (κ1) is 17.4. The summed E-state index contributed by atoms with van der Waals surface area (Å²) < 4.78 is 5.24. The molecule has 1 aromatic carbocycles. The predicted octanol–water partition coefficient (Wildman–Crippen LogP) is 2.43. The summed E-state index contributed by atoms with van der Waals surface area (Å²) in [5.41, 5.74) is 1.99. The van der Waals surface area contributed by atoms with E-state index >= 15 is 0 Å². The standard InChI is InChI=1S/C17H23N3O2S/c1-20(2)10-9-18-16(21)8-7-14-12-23-17(19-14)13-5-4-6-15(11-13)22-3/h4-6,11-12H,7-10H2,1-3H3,(H,18,21). The zero-order chi connectivity index (χ0) is 16.7. The average Bonchev–Trinajstić information content (AvgIpc) is 3.01. The summed E-state index contributed by atoms with van der Waals surface area (Å²) in [5, 5.41) is 5.88. The fourth-order valence-corrected chi connectivity index (χ4v) is 2.91. The zero-order valence-electron chi connectivity index (χ0n) is 13.8. The van der Waals surface area contributed by atoms with Gasteiger partial charge in [0, 0.05) is 30.5 Å². The molecule has 1 N–H and O–H groups in total. The molecular formula is C17H23N3O2S. The highest BCUT2D eigenvalue weighted by molar-refractivity contribution is 7.13. The molecule has 0 aliphatic heterocycles. The fraction of sp³-hybridized carbons (Fsp3) is 0.412. The Hall–Kier alpha value is -1.92. The van der Waals surface area contributed by atoms with Gasteiger partial charge in [-0.15, -0.1) is 11.3 Å². The molecule has 1 amide bonds. The third-order valence-corrected chi connectivity index (χ3v) is 4.30. The van der Waals surface area contributed by atoms with E-state index < -0.39 is 0 Å². The van der Waals surface area contributed by atoms with Crippen LogP contribution in [0.3, 0.4) is 0 Å². The van der Waals surface area contributed by atoms with Gasteiger partial charge in [0.25, 0.3) is 0 Å². The number of methoxy groups -OCH3 is 1. The molecule has 0 spiro atoms. The molecule has 0 unspecified atom stereocenters. The Morgan fingerprint density at radius 1 is 1.39 bits per heavy atom. The number of thiazole rings is 1. The molecule has 23 heavy (non-hydrogen) atoms. The average molecular weight is 333 g/mol. The SMILES string of the molecule is COc1cccc(-c2nc(CCC(=O)NCCN(C)C)cs2)c1. The van der Waals surface area contributed by atoms with E-state index in [1.54, 1.807) is 18.4 Å². The molecule has 124 valence electrons. The highest BCUT2D eigenvalue weighted by atomic mass is 32.1. The maximum absolute atomic E-state index is 11.8. The number of carbonyl (C=O) groups excluding carboxylic acids is 1. The summed E-state index contributed by atoms with van der Waals surface area (Å²) in [6.45, 7) is 1.53. The molecular weight excluding hydrogens is 310 g/mol. The van der Waals surface area contributed by atoms with Crippen LogP contribution in [0.5, 0.6) is 5.75 Å². The summed E-state index contributed by atoms with van der Waals surface area (Å²) in [6.07, 6.45) is 1.13. The van der Waals surface area contributed by atoms with Crippen LogP contribution in [-0.2, 0) is 11.2 Å². The van der Waals surface area contributed by atoms with Gasteiger partial charge in [-0.2, -0.15) is 0 Å². The number of ether oxygens (including phenoxy) is 1. The number of benzene rings is 1. The minimum atomic E-state index is 0.0720. The lowest BCUT2D eigenvalue weighted by Gasteiger charge is -2.09. The van der Waals surface area contributed by atoms with Gasteiger partial charge in [-0.25, -0.2) is 4.98 Å². The molecule has 0 saturated carbocycles. The fourth-order valence-electron chi connectivity index (χ4n) is 2.06. The molecule has 1 aromatic heterocycles. The van der Waals surface area contributed by atoms with E-state index in [0.29, 0.717) is 19.4 Å². The molecule has 0 aliphatic carbocycles. The van der Waals surface area contributed by atoms with Crippen molar-refractivity contribution >= 4 is 17.2 Å². The van der Waals surface area contributed by atoms with Crippen molar-refractivity contribution in [2.75, 3.05) is 34.3 Å². The van der Waals surface area contributed by atoms with Gasteiger partial charge in [0.05, 0.1) is 12.8 Å².